The molecule has 2 aromatic rings. The molecule has 0 spiro atoms. The quantitative estimate of drug-likeness (QED) is 0.813. The summed E-state index contributed by atoms with van der Waals surface area (Å²) in [5, 5.41) is 0.191. The summed E-state index contributed by atoms with van der Waals surface area (Å²) in [6.07, 6.45) is 1.40. The largest absolute Gasteiger partial charge is 0.486 e. The Morgan fingerprint density at radius 3 is 2.75 bits per heavy atom. The number of hydrogen-bond acceptors (Lipinski definition) is 4. The molecule has 1 aromatic heterocycles. The molecule has 4 nitrogen and oxygen atoms in total. The lowest BCUT2D eigenvalue weighted by molar-refractivity contribution is 0.0600. The zero-order valence-corrected chi connectivity index (χ0v) is 11.4. The Bertz CT molecular complexity index is 616. The second-order valence-corrected chi connectivity index (χ2v) is 4.30. The molecule has 0 aliphatic carbocycles. The van der Waals surface area contributed by atoms with Crippen molar-refractivity contribution in [1.82, 2.24) is 4.98 Å². The predicted molar refractivity (Wildman–Crippen MR) is 71.3 cm³/mol. The van der Waals surface area contributed by atoms with Gasteiger partial charge in [-0.2, -0.15) is 0 Å². The Labute approximate surface area is 120 Å². The number of methoxy groups -OCH3 is 1. The molecule has 6 heteroatoms. The van der Waals surface area contributed by atoms with E-state index in [0.717, 1.165) is 0 Å². The molecule has 0 unspecified atom stereocenters. The van der Waals surface area contributed by atoms with Crippen molar-refractivity contribution in [3.05, 3.63) is 58.6 Å². The summed E-state index contributed by atoms with van der Waals surface area (Å²) >= 11 is 5.83. The molecule has 104 valence electrons. The summed E-state index contributed by atoms with van der Waals surface area (Å²) in [6.45, 7) is 0.160. The predicted octanol–water partition coefficient (Wildman–Crippen LogP) is 3.24. The Morgan fingerprint density at radius 2 is 2.15 bits per heavy atom. The number of benzene rings is 1. The fraction of sp³-hybridized carbons (Fsp3) is 0.143. The molecular formula is C14H11ClFNO3. The molecule has 1 heterocycles. The van der Waals surface area contributed by atoms with Crippen molar-refractivity contribution >= 4 is 17.6 Å². The smallest absolute Gasteiger partial charge is 0.339 e. The number of hydrogen-bond donors (Lipinski definition) is 0. The van der Waals surface area contributed by atoms with Gasteiger partial charge < -0.3 is 9.47 Å². The maximum absolute atomic E-state index is 12.9. The highest BCUT2D eigenvalue weighted by Crippen LogP contribution is 2.25. The van der Waals surface area contributed by atoms with Gasteiger partial charge in [0.15, 0.2) is 0 Å². The van der Waals surface area contributed by atoms with Crippen molar-refractivity contribution in [3.8, 4) is 5.75 Å². The van der Waals surface area contributed by atoms with Gasteiger partial charge >= 0.3 is 5.97 Å². The van der Waals surface area contributed by atoms with Gasteiger partial charge in [0.2, 0.25) is 0 Å². The van der Waals surface area contributed by atoms with Crippen molar-refractivity contribution in [2.24, 2.45) is 0 Å². The van der Waals surface area contributed by atoms with Gasteiger partial charge in [-0.3, -0.25) is 4.98 Å². The molecular weight excluding hydrogens is 285 g/mol. The van der Waals surface area contributed by atoms with Crippen LogP contribution in [0.4, 0.5) is 4.39 Å². The minimum Gasteiger partial charge on any atom is -0.486 e. The van der Waals surface area contributed by atoms with Crippen molar-refractivity contribution in [1.29, 1.82) is 0 Å². The number of pyridine rings is 1. The van der Waals surface area contributed by atoms with E-state index in [9.17, 15) is 9.18 Å². The highest BCUT2D eigenvalue weighted by Gasteiger charge is 2.07. The summed E-state index contributed by atoms with van der Waals surface area (Å²) in [5.41, 5.74) is 0.967. The van der Waals surface area contributed by atoms with Crippen molar-refractivity contribution in [2.75, 3.05) is 7.11 Å². The fourth-order valence-electron chi connectivity index (χ4n) is 1.49. The number of esters is 1. The van der Waals surface area contributed by atoms with Crippen LogP contribution < -0.4 is 4.74 Å². The zero-order valence-electron chi connectivity index (χ0n) is 10.6. The number of nitrogens with zero attached hydrogens (tertiary/aromatic N) is 1. The molecule has 0 fully saturated rings. The van der Waals surface area contributed by atoms with E-state index >= 15 is 0 Å². The number of halogens is 2. The lowest BCUT2D eigenvalue weighted by atomic mass is 10.2. The molecule has 0 radical (unpaired) electrons. The Hall–Kier alpha value is -2.14. The van der Waals surface area contributed by atoms with E-state index in [2.05, 4.69) is 9.72 Å². The number of rotatable bonds is 4. The van der Waals surface area contributed by atoms with Gasteiger partial charge in [-0.1, -0.05) is 11.6 Å². The van der Waals surface area contributed by atoms with Crippen molar-refractivity contribution in [2.45, 2.75) is 6.61 Å². The van der Waals surface area contributed by atoms with E-state index in [1.54, 1.807) is 12.1 Å². The monoisotopic (exact) mass is 295 g/mol. The van der Waals surface area contributed by atoms with Gasteiger partial charge in [-0.05, 0) is 30.3 Å². The fourth-order valence-corrected chi connectivity index (χ4v) is 1.71. The van der Waals surface area contributed by atoms with Gasteiger partial charge in [-0.25, -0.2) is 9.18 Å². The average Bonchev–Trinajstić information content (AvgIpc) is 2.46. The van der Waals surface area contributed by atoms with Crippen molar-refractivity contribution in [3.63, 3.8) is 0 Å². The molecule has 0 aliphatic heterocycles. The Balaban J connectivity index is 2.02. The third-order valence-electron chi connectivity index (χ3n) is 2.52. The summed E-state index contributed by atoms with van der Waals surface area (Å²) in [7, 11) is 1.30. The van der Waals surface area contributed by atoms with Crippen LogP contribution in [0.25, 0.3) is 0 Å². The number of aromatic nitrogens is 1. The highest BCUT2D eigenvalue weighted by molar-refractivity contribution is 6.32. The van der Waals surface area contributed by atoms with Crippen LogP contribution in [0.15, 0.2) is 36.5 Å². The topological polar surface area (TPSA) is 48.4 Å². The molecule has 0 N–H and O–H groups in total. The summed E-state index contributed by atoms with van der Waals surface area (Å²) in [6, 6.07) is 7.10. The van der Waals surface area contributed by atoms with Gasteiger partial charge in [0.25, 0.3) is 0 Å². The van der Waals surface area contributed by atoms with E-state index in [-0.39, 0.29) is 11.6 Å². The van der Waals surface area contributed by atoms with Crippen LogP contribution in [0.5, 0.6) is 5.75 Å². The van der Waals surface area contributed by atoms with Crippen LogP contribution >= 0.6 is 11.6 Å². The van der Waals surface area contributed by atoms with Crippen LogP contribution in [-0.2, 0) is 11.3 Å². The normalized spacial score (nSPS) is 10.2. The SMILES string of the molecule is COC(=O)c1ccc(COc2ccc(F)cc2Cl)nc1. The van der Waals surface area contributed by atoms with Gasteiger partial charge in [-0.15, -0.1) is 0 Å². The molecule has 0 bridgehead atoms. The standard InChI is InChI=1S/C14H11ClFNO3/c1-19-14(18)9-2-4-11(17-7-9)8-20-13-5-3-10(16)6-12(13)15/h2-7H,8H2,1H3. The minimum atomic E-state index is -0.452. The van der Waals surface area contributed by atoms with E-state index in [1.165, 1.54) is 31.5 Å². The molecule has 0 atom stereocenters. The summed E-state index contributed by atoms with van der Waals surface area (Å²) in [4.78, 5) is 15.3. The number of carbonyl (C=O) groups is 1. The van der Waals surface area contributed by atoms with E-state index in [1.807, 2.05) is 0 Å². The van der Waals surface area contributed by atoms with Crippen LogP contribution in [0.2, 0.25) is 5.02 Å². The summed E-state index contributed by atoms with van der Waals surface area (Å²) < 4.78 is 22.9. The molecule has 0 aliphatic rings. The van der Waals surface area contributed by atoms with Crippen LogP contribution in [0, 0.1) is 5.82 Å². The zero-order chi connectivity index (χ0) is 14.5. The van der Waals surface area contributed by atoms with Crippen LogP contribution in [0.1, 0.15) is 16.1 Å². The molecule has 0 amide bonds. The maximum atomic E-state index is 12.9. The van der Waals surface area contributed by atoms with E-state index < -0.39 is 11.8 Å². The average molecular weight is 296 g/mol. The third-order valence-corrected chi connectivity index (χ3v) is 2.81. The van der Waals surface area contributed by atoms with Crippen LogP contribution in [-0.4, -0.2) is 18.1 Å². The molecule has 0 saturated carbocycles. The molecule has 20 heavy (non-hydrogen) atoms. The molecule has 1 aromatic carbocycles. The first-order valence-corrected chi connectivity index (χ1v) is 6.09. The van der Waals surface area contributed by atoms with Gasteiger partial charge in [0.1, 0.15) is 18.2 Å². The second kappa shape index (κ2) is 6.34. The van der Waals surface area contributed by atoms with Crippen molar-refractivity contribution < 1.29 is 18.7 Å². The maximum Gasteiger partial charge on any atom is 0.339 e. The first-order valence-electron chi connectivity index (χ1n) is 5.71. The van der Waals surface area contributed by atoms with Crippen LogP contribution in [0.3, 0.4) is 0 Å². The number of carbonyl (C=O) groups excluding carboxylic acids is 1. The summed E-state index contributed by atoms with van der Waals surface area (Å²) in [5.74, 6) is -0.513. The van der Waals surface area contributed by atoms with E-state index in [0.29, 0.717) is 17.0 Å². The Morgan fingerprint density at radius 1 is 1.35 bits per heavy atom. The molecule has 0 saturated heterocycles. The highest BCUT2D eigenvalue weighted by atomic mass is 35.5. The lowest BCUT2D eigenvalue weighted by Crippen LogP contribution is -2.04. The first kappa shape index (κ1) is 14.3. The second-order valence-electron chi connectivity index (χ2n) is 3.89. The van der Waals surface area contributed by atoms with Gasteiger partial charge in [0.05, 0.1) is 23.4 Å². The minimum absolute atomic E-state index is 0.160. The lowest BCUT2D eigenvalue weighted by Gasteiger charge is -2.07. The molecule has 2 rings (SSSR count). The van der Waals surface area contributed by atoms with E-state index in [4.69, 9.17) is 16.3 Å². The van der Waals surface area contributed by atoms with Gasteiger partial charge in [0, 0.05) is 6.20 Å². The Kier molecular flexibility index (Phi) is 4.53. The third kappa shape index (κ3) is 3.45. The first-order chi connectivity index (χ1) is 9.60. The number of ether oxygens (including phenoxy) is 2.